The van der Waals surface area contributed by atoms with Crippen LogP contribution in [-0.4, -0.2) is 30.4 Å². The predicted molar refractivity (Wildman–Crippen MR) is 64.2 cm³/mol. The van der Waals surface area contributed by atoms with E-state index in [1.807, 2.05) is 18.2 Å². The van der Waals surface area contributed by atoms with Crippen molar-refractivity contribution >= 4 is 11.6 Å². The summed E-state index contributed by atoms with van der Waals surface area (Å²) in [5.74, 6) is 0.0708. The highest BCUT2D eigenvalue weighted by Crippen LogP contribution is 2.09. The number of hydrogen-bond donors (Lipinski definition) is 1. The van der Waals surface area contributed by atoms with E-state index in [1.165, 1.54) is 19.3 Å². The van der Waals surface area contributed by atoms with Crippen LogP contribution in [0.15, 0.2) is 24.3 Å². The summed E-state index contributed by atoms with van der Waals surface area (Å²) in [6, 6.07) is 10.3. The second-order valence-electron chi connectivity index (χ2n) is 4.18. The standard InChI is InChI=1S/C13H17N2O/c16-13(11-15-9-5-2-6-10-15)14-12-7-3-1-4-8-12/h1,3,7-8H,2,5-6,9-11H2,(H,14,16). The number of anilines is 1. The van der Waals surface area contributed by atoms with Crippen LogP contribution in [0.5, 0.6) is 0 Å². The maximum Gasteiger partial charge on any atom is 0.238 e. The molecule has 1 heterocycles. The Morgan fingerprint density at radius 2 is 2.19 bits per heavy atom. The molecule has 3 heteroatoms. The Kier molecular flexibility index (Phi) is 3.94. The van der Waals surface area contributed by atoms with E-state index < -0.39 is 0 Å². The molecule has 0 aliphatic carbocycles. The van der Waals surface area contributed by atoms with E-state index >= 15 is 0 Å². The first-order valence-corrected chi connectivity index (χ1v) is 5.83. The van der Waals surface area contributed by atoms with Gasteiger partial charge in [0.05, 0.1) is 6.54 Å². The Hall–Kier alpha value is -1.35. The smallest absolute Gasteiger partial charge is 0.238 e. The predicted octanol–water partition coefficient (Wildman–Crippen LogP) is 1.91. The zero-order valence-corrected chi connectivity index (χ0v) is 9.41. The topological polar surface area (TPSA) is 32.3 Å². The van der Waals surface area contributed by atoms with E-state index in [-0.39, 0.29) is 5.91 Å². The van der Waals surface area contributed by atoms with Gasteiger partial charge >= 0.3 is 0 Å². The zero-order chi connectivity index (χ0) is 11.2. The van der Waals surface area contributed by atoms with Crippen LogP contribution in [0.4, 0.5) is 5.69 Å². The molecule has 3 nitrogen and oxygen atoms in total. The Morgan fingerprint density at radius 3 is 2.88 bits per heavy atom. The van der Waals surface area contributed by atoms with Gasteiger partial charge in [0.25, 0.3) is 0 Å². The SMILES string of the molecule is O=C(CN1CCCCC1)Nc1c[c]ccc1. The number of nitrogens with zero attached hydrogens (tertiary/aromatic N) is 1. The third-order valence-electron chi connectivity index (χ3n) is 2.81. The number of carbonyl (C=O) groups excluding carboxylic acids is 1. The molecule has 1 saturated heterocycles. The van der Waals surface area contributed by atoms with Crippen LogP contribution in [0, 0.1) is 6.07 Å². The fourth-order valence-electron chi connectivity index (χ4n) is 1.99. The number of piperidine rings is 1. The van der Waals surface area contributed by atoms with Gasteiger partial charge in [-0.1, -0.05) is 18.6 Å². The highest BCUT2D eigenvalue weighted by atomic mass is 16.2. The molecule has 1 amide bonds. The van der Waals surface area contributed by atoms with Crippen LogP contribution in [0.2, 0.25) is 0 Å². The number of hydrogen-bond acceptors (Lipinski definition) is 2. The van der Waals surface area contributed by atoms with Gasteiger partial charge in [0.2, 0.25) is 5.91 Å². The van der Waals surface area contributed by atoms with Gasteiger partial charge < -0.3 is 5.32 Å². The van der Waals surface area contributed by atoms with Gasteiger partial charge in [-0.25, -0.2) is 0 Å². The molecule has 0 atom stereocenters. The molecule has 2 rings (SSSR count). The van der Waals surface area contributed by atoms with Crippen LogP contribution in [0.3, 0.4) is 0 Å². The van der Waals surface area contributed by atoms with E-state index in [9.17, 15) is 4.79 Å². The van der Waals surface area contributed by atoms with Crippen molar-refractivity contribution in [3.05, 3.63) is 30.3 Å². The van der Waals surface area contributed by atoms with E-state index in [4.69, 9.17) is 0 Å². The van der Waals surface area contributed by atoms with Crippen molar-refractivity contribution in [2.24, 2.45) is 0 Å². The van der Waals surface area contributed by atoms with E-state index in [0.29, 0.717) is 6.54 Å². The summed E-state index contributed by atoms with van der Waals surface area (Å²) < 4.78 is 0. The lowest BCUT2D eigenvalue weighted by Crippen LogP contribution is -2.36. The number of carbonyl (C=O) groups is 1. The summed E-state index contributed by atoms with van der Waals surface area (Å²) in [7, 11) is 0. The molecule has 1 aromatic rings. The molecule has 1 radical (unpaired) electrons. The third-order valence-corrected chi connectivity index (χ3v) is 2.81. The molecular weight excluding hydrogens is 200 g/mol. The van der Waals surface area contributed by atoms with E-state index in [2.05, 4.69) is 16.3 Å². The van der Waals surface area contributed by atoms with Crippen molar-refractivity contribution in [1.82, 2.24) is 4.90 Å². The minimum Gasteiger partial charge on any atom is -0.325 e. The van der Waals surface area contributed by atoms with Crippen molar-refractivity contribution in [3.63, 3.8) is 0 Å². The lowest BCUT2D eigenvalue weighted by atomic mass is 10.1. The highest BCUT2D eigenvalue weighted by molar-refractivity contribution is 5.92. The average molecular weight is 217 g/mol. The largest absolute Gasteiger partial charge is 0.325 e. The number of likely N-dealkylation sites (tertiary alicyclic amines) is 1. The minimum absolute atomic E-state index is 0.0708. The lowest BCUT2D eigenvalue weighted by Gasteiger charge is -2.25. The second-order valence-corrected chi connectivity index (χ2v) is 4.18. The monoisotopic (exact) mass is 217 g/mol. The van der Waals surface area contributed by atoms with Crippen molar-refractivity contribution in [1.29, 1.82) is 0 Å². The molecule has 0 spiro atoms. The first kappa shape index (κ1) is 11.1. The van der Waals surface area contributed by atoms with Gasteiger partial charge in [-0.3, -0.25) is 9.69 Å². The third kappa shape index (κ3) is 3.35. The van der Waals surface area contributed by atoms with Crippen LogP contribution >= 0.6 is 0 Å². The van der Waals surface area contributed by atoms with Crippen molar-refractivity contribution < 1.29 is 4.79 Å². The maximum absolute atomic E-state index is 11.7. The summed E-state index contributed by atoms with van der Waals surface area (Å²) in [6.07, 6.45) is 3.73. The Bertz CT molecular complexity index is 331. The van der Waals surface area contributed by atoms with Gasteiger partial charge in [-0.2, -0.15) is 0 Å². The van der Waals surface area contributed by atoms with Crippen molar-refractivity contribution in [2.45, 2.75) is 19.3 Å². The molecule has 1 aromatic carbocycles. The highest BCUT2D eigenvalue weighted by Gasteiger charge is 2.13. The molecule has 0 saturated carbocycles. The van der Waals surface area contributed by atoms with Crippen molar-refractivity contribution in [3.8, 4) is 0 Å². The fraction of sp³-hybridized carbons (Fsp3) is 0.462. The summed E-state index contributed by atoms with van der Waals surface area (Å²) >= 11 is 0. The Labute approximate surface area is 96.5 Å². The number of nitrogens with one attached hydrogen (secondary N) is 1. The normalized spacial score (nSPS) is 17.0. The van der Waals surface area contributed by atoms with Crippen LogP contribution in [0.25, 0.3) is 0 Å². The van der Waals surface area contributed by atoms with Gasteiger partial charge in [0.1, 0.15) is 0 Å². The van der Waals surface area contributed by atoms with Crippen LogP contribution in [0.1, 0.15) is 19.3 Å². The number of rotatable bonds is 3. The fourth-order valence-corrected chi connectivity index (χ4v) is 1.99. The molecule has 1 aliphatic rings. The van der Waals surface area contributed by atoms with Gasteiger partial charge in [0, 0.05) is 5.69 Å². The maximum atomic E-state index is 11.7. The van der Waals surface area contributed by atoms with Gasteiger partial charge in [-0.05, 0) is 44.1 Å². The molecule has 0 aromatic heterocycles. The van der Waals surface area contributed by atoms with Gasteiger partial charge in [0.15, 0.2) is 0 Å². The molecule has 1 N–H and O–H groups in total. The number of benzene rings is 1. The summed E-state index contributed by atoms with van der Waals surface area (Å²) in [4.78, 5) is 13.9. The molecule has 0 bridgehead atoms. The minimum atomic E-state index is 0.0708. The molecule has 1 fully saturated rings. The first-order chi connectivity index (χ1) is 7.84. The molecule has 85 valence electrons. The zero-order valence-electron chi connectivity index (χ0n) is 9.41. The molecular formula is C13H17N2O. The van der Waals surface area contributed by atoms with Crippen molar-refractivity contribution in [2.75, 3.05) is 25.0 Å². The number of amides is 1. The molecule has 16 heavy (non-hydrogen) atoms. The molecule has 1 aliphatic heterocycles. The summed E-state index contributed by atoms with van der Waals surface area (Å²) in [5, 5.41) is 2.88. The second kappa shape index (κ2) is 5.66. The molecule has 0 unspecified atom stereocenters. The van der Waals surface area contributed by atoms with Crippen LogP contribution in [-0.2, 0) is 4.79 Å². The first-order valence-electron chi connectivity index (χ1n) is 5.83. The van der Waals surface area contributed by atoms with E-state index in [0.717, 1.165) is 18.8 Å². The lowest BCUT2D eigenvalue weighted by molar-refractivity contribution is -0.117. The summed E-state index contributed by atoms with van der Waals surface area (Å²) in [6.45, 7) is 2.61. The average Bonchev–Trinajstić information content (AvgIpc) is 2.31. The Morgan fingerprint density at radius 1 is 1.38 bits per heavy atom. The Balaban J connectivity index is 1.80. The van der Waals surface area contributed by atoms with Crippen LogP contribution < -0.4 is 5.32 Å². The quantitative estimate of drug-likeness (QED) is 0.838. The van der Waals surface area contributed by atoms with E-state index in [1.54, 1.807) is 6.07 Å². The van der Waals surface area contributed by atoms with Gasteiger partial charge in [-0.15, -0.1) is 0 Å². The summed E-state index contributed by atoms with van der Waals surface area (Å²) in [5.41, 5.74) is 0.824.